The molecular weight excluding hydrogens is 398 g/mol. The van der Waals surface area contributed by atoms with Gasteiger partial charge in [0, 0.05) is 16.7 Å². The lowest BCUT2D eigenvalue weighted by Gasteiger charge is -2.30. The van der Waals surface area contributed by atoms with E-state index in [1.54, 1.807) is 0 Å². The highest BCUT2D eigenvalue weighted by atomic mass is 79.9. The number of carbonyl (C=O) groups excluding carboxylic acids is 1. The summed E-state index contributed by atoms with van der Waals surface area (Å²) < 4.78 is 0.956. The fourth-order valence-electron chi connectivity index (χ4n) is 2.80. The van der Waals surface area contributed by atoms with Crippen LogP contribution in [0.5, 0.6) is 0 Å². The SMILES string of the molecule is CC1=C(C(=O)NCc2ccccc2)C(c2cccc(Br)c2)NC(=S)N1. The van der Waals surface area contributed by atoms with Crippen molar-refractivity contribution < 1.29 is 4.79 Å². The van der Waals surface area contributed by atoms with Gasteiger partial charge in [0.1, 0.15) is 0 Å². The second-order valence-electron chi connectivity index (χ2n) is 5.79. The van der Waals surface area contributed by atoms with E-state index >= 15 is 0 Å². The lowest BCUT2D eigenvalue weighted by Crippen LogP contribution is -2.46. The lowest BCUT2D eigenvalue weighted by molar-refractivity contribution is -0.118. The van der Waals surface area contributed by atoms with Crippen molar-refractivity contribution in [3.05, 3.63) is 81.5 Å². The van der Waals surface area contributed by atoms with Gasteiger partial charge in [-0.05, 0) is 42.4 Å². The second-order valence-corrected chi connectivity index (χ2v) is 7.12. The molecule has 1 heterocycles. The van der Waals surface area contributed by atoms with Crippen LogP contribution < -0.4 is 16.0 Å². The van der Waals surface area contributed by atoms with Gasteiger partial charge in [0.2, 0.25) is 0 Å². The number of amides is 1. The number of halogens is 1. The molecule has 1 aliphatic heterocycles. The average molecular weight is 416 g/mol. The monoisotopic (exact) mass is 415 g/mol. The molecule has 1 amide bonds. The van der Waals surface area contributed by atoms with E-state index in [1.807, 2.05) is 61.5 Å². The van der Waals surface area contributed by atoms with Gasteiger partial charge in [-0.3, -0.25) is 4.79 Å². The molecule has 4 nitrogen and oxygen atoms in total. The zero-order valence-electron chi connectivity index (χ0n) is 13.7. The Labute approximate surface area is 160 Å². The molecule has 0 spiro atoms. The molecule has 0 aliphatic carbocycles. The van der Waals surface area contributed by atoms with Crippen molar-refractivity contribution in [3.63, 3.8) is 0 Å². The molecule has 0 bridgehead atoms. The number of thiocarbonyl (C=S) groups is 1. The highest BCUT2D eigenvalue weighted by molar-refractivity contribution is 9.10. The van der Waals surface area contributed by atoms with Crippen LogP contribution >= 0.6 is 28.1 Å². The molecular formula is C19H18BrN3OS. The summed E-state index contributed by atoms with van der Waals surface area (Å²) in [5, 5.41) is 9.76. The van der Waals surface area contributed by atoms with E-state index in [1.165, 1.54) is 0 Å². The van der Waals surface area contributed by atoms with E-state index in [4.69, 9.17) is 12.2 Å². The van der Waals surface area contributed by atoms with E-state index in [0.29, 0.717) is 17.2 Å². The van der Waals surface area contributed by atoms with Crippen LogP contribution in [-0.4, -0.2) is 11.0 Å². The van der Waals surface area contributed by atoms with Gasteiger partial charge in [0.05, 0.1) is 11.6 Å². The van der Waals surface area contributed by atoms with Gasteiger partial charge >= 0.3 is 0 Å². The van der Waals surface area contributed by atoms with Crippen LogP contribution in [0.25, 0.3) is 0 Å². The summed E-state index contributed by atoms with van der Waals surface area (Å²) in [7, 11) is 0. The van der Waals surface area contributed by atoms with E-state index in [2.05, 4.69) is 31.9 Å². The lowest BCUT2D eigenvalue weighted by atomic mass is 9.95. The fourth-order valence-corrected chi connectivity index (χ4v) is 3.49. The molecule has 0 fully saturated rings. The molecule has 25 heavy (non-hydrogen) atoms. The highest BCUT2D eigenvalue weighted by Crippen LogP contribution is 2.28. The quantitative estimate of drug-likeness (QED) is 0.668. The van der Waals surface area contributed by atoms with Gasteiger partial charge in [-0.2, -0.15) is 0 Å². The van der Waals surface area contributed by atoms with Gasteiger partial charge in [0.25, 0.3) is 5.91 Å². The summed E-state index contributed by atoms with van der Waals surface area (Å²) in [4.78, 5) is 12.9. The standard InChI is InChI=1S/C19H18BrN3OS/c1-12-16(18(24)21-11-13-6-3-2-4-7-13)17(23-19(25)22-12)14-8-5-9-15(20)10-14/h2-10,17H,11H2,1H3,(H,21,24)(H2,22,23,25). The minimum atomic E-state index is -0.290. The van der Waals surface area contributed by atoms with Crippen molar-refractivity contribution in [1.82, 2.24) is 16.0 Å². The van der Waals surface area contributed by atoms with E-state index < -0.39 is 0 Å². The van der Waals surface area contributed by atoms with Crippen LogP contribution in [-0.2, 0) is 11.3 Å². The van der Waals surface area contributed by atoms with Gasteiger partial charge in [-0.1, -0.05) is 58.4 Å². The summed E-state index contributed by atoms with van der Waals surface area (Å²) in [6.45, 7) is 2.35. The molecule has 6 heteroatoms. The largest absolute Gasteiger partial charge is 0.351 e. The average Bonchev–Trinajstić information content (AvgIpc) is 2.60. The van der Waals surface area contributed by atoms with E-state index in [-0.39, 0.29) is 11.9 Å². The van der Waals surface area contributed by atoms with Gasteiger partial charge in [-0.25, -0.2) is 0 Å². The Balaban J connectivity index is 1.85. The van der Waals surface area contributed by atoms with Crippen LogP contribution in [0.3, 0.4) is 0 Å². The molecule has 128 valence electrons. The second kappa shape index (κ2) is 7.80. The molecule has 1 atom stereocenters. The van der Waals surface area contributed by atoms with Gasteiger partial charge in [-0.15, -0.1) is 0 Å². The number of benzene rings is 2. The third kappa shape index (κ3) is 4.27. The number of hydrogen-bond acceptors (Lipinski definition) is 2. The van der Waals surface area contributed by atoms with Crippen LogP contribution in [0.2, 0.25) is 0 Å². The molecule has 0 saturated heterocycles. The number of carbonyl (C=O) groups is 1. The Hall–Kier alpha value is -2.18. The van der Waals surface area contributed by atoms with Crippen molar-refractivity contribution >= 4 is 39.2 Å². The number of rotatable bonds is 4. The van der Waals surface area contributed by atoms with Crippen molar-refractivity contribution in [2.45, 2.75) is 19.5 Å². The first-order chi connectivity index (χ1) is 12.0. The Kier molecular flexibility index (Phi) is 5.50. The van der Waals surface area contributed by atoms with E-state index in [0.717, 1.165) is 21.3 Å². The molecule has 0 aromatic heterocycles. The minimum Gasteiger partial charge on any atom is -0.351 e. The maximum absolute atomic E-state index is 12.9. The summed E-state index contributed by atoms with van der Waals surface area (Å²) in [5.74, 6) is -0.117. The third-order valence-corrected chi connectivity index (χ3v) is 4.70. The number of allylic oxidation sites excluding steroid dienone is 1. The van der Waals surface area contributed by atoms with E-state index in [9.17, 15) is 4.79 Å². The summed E-state index contributed by atoms with van der Waals surface area (Å²) in [6, 6.07) is 17.4. The maximum Gasteiger partial charge on any atom is 0.251 e. The van der Waals surface area contributed by atoms with Crippen LogP contribution in [0.15, 0.2) is 70.3 Å². The predicted octanol–water partition coefficient (Wildman–Crippen LogP) is 3.56. The van der Waals surface area contributed by atoms with Crippen molar-refractivity contribution in [1.29, 1.82) is 0 Å². The summed E-state index contributed by atoms with van der Waals surface area (Å²) in [6.07, 6.45) is 0. The Morgan fingerprint density at radius 3 is 2.68 bits per heavy atom. The molecule has 2 aromatic rings. The molecule has 1 unspecified atom stereocenters. The first-order valence-corrected chi connectivity index (χ1v) is 9.10. The van der Waals surface area contributed by atoms with Gasteiger partial charge < -0.3 is 16.0 Å². The highest BCUT2D eigenvalue weighted by Gasteiger charge is 2.29. The zero-order chi connectivity index (χ0) is 17.8. The zero-order valence-corrected chi connectivity index (χ0v) is 16.1. The minimum absolute atomic E-state index is 0.117. The van der Waals surface area contributed by atoms with Crippen molar-refractivity contribution in [2.24, 2.45) is 0 Å². The Morgan fingerprint density at radius 1 is 1.20 bits per heavy atom. The van der Waals surface area contributed by atoms with Gasteiger partial charge in [0.15, 0.2) is 5.11 Å². The first kappa shape index (κ1) is 17.6. The maximum atomic E-state index is 12.9. The normalized spacial score (nSPS) is 16.9. The first-order valence-electron chi connectivity index (χ1n) is 7.90. The summed E-state index contributed by atoms with van der Waals surface area (Å²) >= 11 is 8.76. The van der Waals surface area contributed by atoms with Crippen molar-refractivity contribution in [3.8, 4) is 0 Å². The molecule has 0 radical (unpaired) electrons. The Bertz CT molecular complexity index is 836. The molecule has 3 rings (SSSR count). The third-order valence-electron chi connectivity index (χ3n) is 3.99. The topological polar surface area (TPSA) is 53.2 Å². The van der Waals surface area contributed by atoms with Crippen molar-refractivity contribution in [2.75, 3.05) is 0 Å². The molecule has 0 saturated carbocycles. The van der Waals surface area contributed by atoms with Crippen LogP contribution in [0, 0.1) is 0 Å². The molecule has 2 aromatic carbocycles. The van der Waals surface area contributed by atoms with Crippen LogP contribution in [0.1, 0.15) is 24.1 Å². The predicted molar refractivity (Wildman–Crippen MR) is 107 cm³/mol. The fraction of sp³-hybridized carbons (Fsp3) is 0.158. The number of hydrogen-bond donors (Lipinski definition) is 3. The smallest absolute Gasteiger partial charge is 0.251 e. The number of nitrogens with one attached hydrogen (secondary N) is 3. The summed E-state index contributed by atoms with van der Waals surface area (Å²) in [5.41, 5.74) is 3.43. The van der Waals surface area contributed by atoms with Crippen LogP contribution in [0.4, 0.5) is 0 Å². The molecule has 3 N–H and O–H groups in total. The Morgan fingerprint density at radius 2 is 1.96 bits per heavy atom. The molecule has 1 aliphatic rings.